The standard InChI is InChI=1S/C12H8BrClN2O/c13-11-4-1-8(14)5-12(11)16-7-10-3-2-9(6-15)17-10/h1-5,16H,7H2. The largest absolute Gasteiger partial charge is 0.449 e. The first kappa shape index (κ1) is 12.0. The zero-order valence-corrected chi connectivity index (χ0v) is 11.0. The Morgan fingerprint density at radius 2 is 2.18 bits per heavy atom. The maximum absolute atomic E-state index is 8.63. The van der Waals surface area contributed by atoms with E-state index in [-0.39, 0.29) is 0 Å². The minimum atomic E-state index is 0.312. The molecule has 1 N–H and O–H groups in total. The highest BCUT2D eigenvalue weighted by atomic mass is 79.9. The summed E-state index contributed by atoms with van der Waals surface area (Å²) in [6.07, 6.45) is 0. The predicted octanol–water partition coefficient (Wildman–Crippen LogP) is 4.18. The van der Waals surface area contributed by atoms with Crippen molar-refractivity contribution in [2.24, 2.45) is 0 Å². The smallest absolute Gasteiger partial charge is 0.203 e. The predicted molar refractivity (Wildman–Crippen MR) is 69.9 cm³/mol. The van der Waals surface area contributed by atoms with Gasteiger partial charge in [0.1, 0.15) is 11.8 Å². The Hall–Kier alpha value is -1.44. The zero-order chi connectivity index (χ0) is 12.3. The molecule has 1 heterocycles. The topological polar surface area (TPSA) is 49.0 Å². The van der Waals surface area contributed by atoms with E-state index in [9.17, 15) is 0 Å². The Balaban J connectivity index is 2.07. The van der Waals surface area contributed by atoms with Crippen molar-refractivity contribution in [3.8, 4) is 6.07 Å². The lowest BCUT2D eigenvalue weighted by Crippen LogP contribution is -1.98. The molecule has 5 heteroatoms. The molecule has 0 radical (unpaired) electrons. The van der Waals surface area contributed by atoms with Crippen LogP contribution in [0.2, 0.25) is 5.02 Å². The van der Waals surface area contributed by atoms with Crippen LogP contribution in [-0.4, -0.2) is 0 Å². The molecule has 3 nitrogen and oxygen atoms in total. The summed E-state index contributed by atoms with van der Waals surface area (Å²) in [4.78, 5) is 0. The van der Waals surface area contributed by atoms with Gasteiger partial charge in [0.15, 0.2) is 0 Å². The molecule has 86 valence electrons. The fraction of sp³-hybridized carbons (Fsp3) is 0.0833. The summed E-state index contributed by atoms with van der Waals surface area (Å²) in [5.41, 5.74) is 0.882. The normalized spacial score (nSPS) is 9.94. The van der Waals surface area contributed by atoms with E-state index in [2.05, 4.69) is 21.2 Å². The number of hydrogen-bond acceptors (Lipinski definition) is 3. The van der Waals surface area contributed by atoms with Crippen molar-refractivity contribution in [2.45, 2.75) is 6.54 Å². The van der Waals surface area contributed by atoms with Gasteiger partial charge in [-0.05, 0) is 46.3 Å². The molecule has 1 aromatic carbocycles. The van der Waals surface area contributed by atoms with Gasteiger partial charge in [0.2, 0.25) is 5.76 Å². The second kappa shape index (κ2) is 5.26. The van der Waals surface area contributed by atoms with Crippen LogP contribution in [0.1, 0.15) is 11.5 Å². The van der Waals surface area contributed by atoms with E-state index in [0.717, 1.165) is 10.2 Å². The van der Waals surface area contributed by atoms with Gasteiger partial charge in [-0.15, -0.1) is 0 Å². The van der Waals surface area contributed by atoms with Crippen LogP contribution in [0.15, 0.2) is 39.2 Å². The van der Waals surface area contributed by atoms with E-state index < -0.39 is 0 Å². The molecule has 0 aliphatic heterocycles. The number of nitriles is 1. The Labute approximate surface area is 112 Å². The van der Waals surface area contributed by atoms with Crippen molar-refractivity contribution in [1.82, 2.24) is 0 Å². The molecule has 0 atom stereocenters. The van der Waals surface area contributed by atoms with Gasteiger partial charge in [0.25, 0.3) is 0 Å². The Morgan fingerprint density at radius 1 is 1.35 bits per heavy atom. The third-order valence-corrected chi connectivity index (χ3v) is 3.08. The molecular formula is C12H8BrClN2O. The maximum atomic E-state index is 8.63. The fourth-order valence-corrected chi connectivity index (χ4v) is 1.91. The van der Waals surface area contributed by atoms with Crippen molar-refractivity contribution in [1.29, 1.82) is 5.26 Å². The number of nitrogens with zero attached hydrogens (tertiary/aromatic N) is 1. The highest BCUT2D eigenvalue weighted by Gasteiger charge is 2.03. The summed E-state index contributed by atoms with van der Waals surface area (Å²) in [6.45, 7) is 0.501. The van der Waals surface area contributed by atoms with Gasteiger partial charge < -0.3 is 9.73 Å². The average Bonchev–Trinajstić information content (AvgIpc) is 2.78. The van der Waals surface area contributed by atoms with Crippen LogP contribution in [0.25, 0.3) is 0 Å². The lowest BCUT2D eigenvalue weighted by atomic mass is 10.3. The Kier molecular flexibility index (Phi) is 3.72. The summed E-state index contributed by atoms with van der Waals surface area (Å²) in [6, 6.07) is 10.8. The summed E-state index contributed by atoms with van der Waals surface area (Å²) in [5, 5.41) is 12.5. The number of halogens is 2. The van der Waals surface area contributed by atoms with Gasteiger partial charge in [0.05, 0.1) is 12.2 Å². The van der Waals surface area contributed by atoms with Gasteiger partial charge in [0, 0.05) is 9.50 Å². The molecule has 0 bridgehead atoms. The van der Waals surface area contributed by atoms with Gasteiger partial charge in [-0.3, -0.25) is 0 Å². The lowest BCUT2D eigenvalue weighted by Gasteiger charge is -2.07. The van der Waals surface area contributed by atoms with Crippen molar-refractivity contribution in [2.75, 3.05) is 5.32 Å². The number of rotatable bonds is 3. The van der Waals surface area contributed by atoms with Crippen LogP contribution >= 0.6 is 27.5 Å². The number of furan rings is 1. The van der Waals surface area contributed by atoms with Crippen LogP contribution in [-0.2, 0) is 6.54 Å². The van der Waals surface area contributed by atoms with Crippen molar-refractivity contribution in [3.05, 3.63) is 51.3 Å². The first-order valence-electron chi connectivity index (χ1n) is 4.87. The quantitative estimate of drug-likeness (QED) is 0.925. The molecule has 0 fully saturated rings. The third kappa shape index (κ3) is 3.02. The van der Waals surface area contributed by atoms with Crippen LogP contribution in [0, 0.1) is 11.3 Å². The highest BCUT2D eigenvalue weighted by Crippen LogP contribution is 2.26. The fourth-order valence-electron chi connectivity index (χ4n) is 1.35. The summed E-state index contributed by atoms with van der Waals surface area (Å²) < 4.78 is 6.18. The monoisotopic (exact) mass is 310 g/mol. The number of hydrogen-bond donors (Lipinski definition) is 1. The van der Waals surface area contributed by atoms with Crippen molar-refractivity contribution < 1.29 is 4.42 Å². The minimum absolute atomic E-state index is 0.312. The molecule has 0 unspecified atom stereocenters. The van der Waals surface area contributed by atoms with E-state index >= 15 is 0 Å². The van der Waals surface area contributed by atoms with Gasteiger partial charge in [-0.2, -0.15) is 5.26 Å². The van der Waals surface area contributed by atoms with E-state index in [1.807, 2.05) is 18.2 Å². The average molecular weight is 312 g/mol. The van der Waals surface area contributed by atoms with Crippen LogP contribution in [0.5, 0.6) is 0 Å². The van der Waals surface area contributed by atoms with E-state index in [0.29, 0.717) is 23.1 Å². The van der Waals surface area contributed by atoms with Crippen LogP contribution in [0.3, 0.4) is 0 Å². The van der Waals surface area contributed by atoms with Gasteiger partial charge >= 0.3 is 0 Å². The molecule has 0 spiro atoms. The molecular weight excluding hydrogens is 304 g/mol. The van der Waals surface area contributed by atoms with Crippen LogP contribution < -0.4 is 5.32 Å². The first-order chi connectivity index (χ1) is 8.19. The second-order valence-electron chi connectivity index (χ2n) is 3.36. The second-order valence-corrected chi connectivity index (χ2v) is 4.65. The molecule has 1 aromatic heterocycles. The molecule has 0 saturated carbocycles. The van der Waals surface area contributed by atoms with Crippen LogP contribution in [0.4, 0.5) is 5.69 Å². The van der Waals surface area contributed by atoms with E-state index in [1.165, 1.54) is 0 Å². The number of benzene rings is 1. The van der Waals surface area contributed by atoms with Gasteiger partial charge in [-0.25, -0.2) is 0 Å². The van der Waals surface area contributed by atoms with Gasteiger partial charge in [-0.1, -0.05) is 11.6 Å². The lowest BCUT2D eigenvalue weighted by molar-refractivity contribution is 0.506. The summed E-state index contributed by atoms with van der Waals surface area (Å²) >= 11 is 9.32. The summed E-state index contributed by atoms with van der Waals surface area (Å²) in [5.74, 6) is 1.01. The van der Waals surface area contributed by atoms with Crippen molar-refractivity contribution in [3.63, 3.8) is 0 Å². The molecule has 2 aromatic rings. The molecule has 0 aliphatic rings. The Bertz CT molecular complexity index is 574. The highest BCUT2D eigenvalue weighted by molar-refractivity contribution is 9.10. The van der Waals surface area contributed by atoms with E-state index in [1.54, 1.807) is 18.2 Å². The molecule has 0 amide bonds. The van der Waals surface area contributed by atoms with Crippen molar-refractivity contribution >= 4 is 33.2 Å². The maximum Gasteiger partial charge on any atom is 0.203 e. The molecule has 17 heavy (non-hydrogen) atoms. The van der Waals surface area contributed by atoms with E-state index in [4.69, 9.17) is 21.3 Å². The Morgan fingerprint density at radius 3 is 2.88 bits per heavy atom. The zero-order valence-electron chi connectivity index (χ0n) is 8.71. The molecule has 0 saturated heterocycles. The first-order valence-corrected chi connectivity index (χ1v) is 6.04. The number of anilines is 1. The minimum Gasteiger partial charge on any atom is -0.449 e. The summed E-state index contributed by atoms with van der Waals surface area (Å²) in [7, 11) is 0. The third-order valence-electron chi connectivity index (χ3n) is 2.15. The molecule has 0 aliphatic carbocycles. The SMILES string of the molecule is N#Cc1ccc(CNc2cc(Cl)ccc2Br)o1. The molecule has 2 rings (SSSR count). The number of nitrogens with one attached hydrogen (secondary N) is 1.